The maximum Gasteiger partial charge on any atom is 0.225 e. The first-order valence-electron chi connectivity index (χ1n) is 10.6. The monoisotopic (exact) mass is 444 g/mol. The molecule has 0 atom stereocenters. The average molecular weight is 445 g/mol. The summed E-state index contributed by atoms with van der Waals surface area (Å²) < 4.78 is 0. The van der Waals surface area contributed by atoms with Crippen LogP contribution in [-0.4, -0.2) is 77.5 Å². The minimum Gasteiger partial charge on any atom is -0.357 e. The first-order chi connectivity index (χ1) is 15.2. The predicted molar refractivity (Wildman–Crippen MR) is 122 cm³/mol. The highest BCUT2D eigenvalue weighted by atomic mass is 35.5. The lowest BCUT2D eigenvalue weighted by molar-refractivity contribution is -0.131. The summed E-state index contributed by atoms with van der Waals surface area (Å²) >= 11 is 5.82. The van der Waals surface area contributed by atoms with Gasteiger partial charge in [0.2, 0.25) is 11.9 Å². The lowest BCUT2D eigenvalue weighted by Gasteiger charge is -2.34. The Morgan fingerprint density at radius 2 is 1.90 bits per heavy atom. The van der Waals surface area contributed by atoms with E-state index >= 15 is 0 Å². The summed E-state index contributed by atoms with van der Waals surface area (Å²) in [6.45, 7) is 6.76. The van der Waals surface area contributed by atoms with Crippen molar-refractivity contribution in [3.8, 4) is 0 Å². The van der Waals surface area contributed by atoms with Gasteiger partial charge in [-0.05, 0) is 31.0 Å². The van der Waals surface area contributed by atoms with Crippen molar-refractivity contribution in [2.45, 2.75) is 19.8 Å². The van der Waals surface area contributed by atoms with Crippen LogP contribution in [0.15, 0.2) is 41.8 Å². The van der Waals surface area contributed by atoms with Crippen molar-refractivity contribution in [3.63, 3.8) is 0 Å². The number of pyridine rings is 1. The molecule has 3 heterocycles. The summed E-state index contributed by atoms with van der Waals surface area (Å²) in [4.78, 5) is 33.7. The van der Waals surface area contributed by atoms with E-state index in [1.807, 2.05) is 17.9 Å². The van der Waals surface area contributed by atoms with Crippen LogP contribution < -0.4 is 15.5 Å². The maximum absolute atomic E-state index is 12.6. The predicted octanol–water partition coefficient (Wildman–Crippen LogP) is 1.36. The molecular weight excluding hydrogens is 416 g/mol. The van der Waals surface area contributed by atoms with Gasteiger partial charge in [-0.15, -0.1) is 0 Å². The largest absolute Gasteiger partial charge is 0.357 e. The molecule has 0 spiro atoms. The minimum atomic E-state index is 0.125. The van der Waals surface area contributed by atoms with Gasteiger partial charge < -0.3 is 20.4 Å². The average Bonchev–Trinajstić information content (AvgIpc) is 2.81. The lowest BCUT2D eigenvalue weighted by atomic mass is 10.2. The molecule has 31 heavy (non-hydrogen) atoms. The molecule has 2 N–H and O–H groups in total. The van der Waals surface area contributed by atoms with Gasteiger partial charge in [-0.2, -0.15) is 0 Å². The Kier molecular flexibility index (Phi) is 8.84. The fourth-order valence-corrected chi connectivity index (χ4v) is 3.36. The van der Waals surface area contributed by atoms with Gasteiger partial charge in [0, 0.05) is 64.3 Å². The Labute approximate surface area is 188 Å². The Hall–Kier alpha value is -2.94. The van der Waals surface area contributed by atoms with Crippen LogP contribution in [0.3, 0.4) is 0 Å². The van der Waals surface area contributed by atoms with Crippen LogP contribution in [0.2, 0.25) is 5.15 Å². The van der Waals surface area contributed by atoms with Crippen molar-refractivity contribution >= 4 is 29.4 Å². The molecule has 0 saturated carbocycles. The van der Waals surface area contributed by atoms with Crippen LogP contribution >= 0.6 is 11.6 Å². The molecule has 1 fully saturated rings. The number of nitrogens with one attached hydrogen (secondary N) is 2. The number of carbonyl (C=O) groups excluding carboxylic acids is 1. The molecule has 1 saturated heterocycles. The van der Waals surface area contributed by atoms with Gasteiger partial charge in [0.1, 0.15) is 5.15 Å². The molecule has 10 heteroatoms. The second-order valence-electron chi connectivity index (χ2n) is 7.09. The SMILES string of the molecule is CCNC(=NCCC(=O)N1CCN(c2ncccn2)CC1)NCCc1ccc(Cl)nc1. The quantitative estimate of drug-likeness (QED) is 0.360. The smallest absolute Gasteiger partial charge is 0.225 e. The summed E-state index contributed by atoms with van der Waals surface area (Å²) in [5.41, 5.74) is 1.10. The minimum absolute atomic E-state index is 0.125. The number of halogens is 1. The van der Waals surface area contributed by atoms with Crippen LogP contribution in [0, 0.1) is 0 Å². The number of aromatic nitrogens is 3. The summed E-state index contributed by atoms with van der Waals surface area (Å²) in [7, 11) is 0. The molecule has 2 aromatic heterocycles. The third kappa shape index (κ3) is 7.36. The van der Waals surface area contributed by atoms with Gasteiger partial charge in [0.15, 0.2) is 5.96 Å². The Morgan fingerprint density at radius 1 is 1.13 bits per heavy atom. The molecule has 0 unspecified atom stereocenters. The summed E-state index contributed by atoms with van der Waals surface area (Å²) in [6.07, 6.45) is 6.44. The molecule has 2 aromatic rings. The number of amides is 1. The molecule has 1 amide bonds. The van der Waals surface area contributed by atoms with Gasteiger partial charge >= 0.3 is 0 Å². The molecule has 166 valence electrons. The van der Waals surface area contributed by atoms with Gasteiger partial charge in [-0.25, -0.2) is 15.0 Å². The first-order valence-corrected chi connectivity index (χ1v) is 11.0. The van der Waals surface area contributed by atoms with E-state index in [-0.39, 0.29) is 5.91 Å². The molecule has 0 aromatic carbocycles. The highest BCUT2D eigenvalue weighted by Crippen LogP contribution is 2.10. The van der Waals surface area contributed by atoms with E-state index in [0.717, 1.165) is 37.6 Å². The summed E-state index contributed by atoms with van der Waals surface area (Å²) in [6, 6.07) is 5.55. The summed E-state index contributed by atoms with van der Waals surface area (Å²) in [5.74, 6) is 1.55. The van der Waals surface area contributed by atoms with Crippen LogP contribution in [-0.2, 0) is 11.2 Å². The molecule has 0 bridgehead atoms. The van der Waals surface area contributed by atoms with Crippen molar-refractivity contribution in [3.05, 3.63) is 47.5 Å². The van der Waals surface area contributed by atoms with Gasteiger partial charge in [0.25, 0.3) is 0 Å². The molecule has 0 radical (unpaired) electrons. The number of aliphatic imine (C=N–C) groups is 1. The number of nitrogens with zero attached hydrogens (tertiary/aromatic N) is 6. The van der Waals surface area contributed by atoms with Crippen molar-refractivity contribution in [1.29, 1.82) is 0 Å². The standard InChI is InChI=1S/C21H29ClN8O/c1-2-23-20(24-10-6-17-4-5-18(22)28-16-17)25-11-7-19(31)29-12-14-30(15-13-29)21-26-8-3-9-27-21/h3-5,8-9,16H,2,6-7,10-15H2,1H3,(H2,23,24,25). The fourth-order valence-electron chi connectivity index (χ4n) is 3.25. The molecule has 1 aliphatic heterocycles. The Bertz CT molecular complexity index is 838. The number of hydrogen-bond acceptors (Lipinski definition) is 6. The van der Waals surface area contributed by atoms with Gasteiger partial charge in [-0.3, -0.25) is 9.79 Å². The van der Waals surface area contributed by atoms with E-state index in [1.54, 1.807) is 30.7 Å². The number of carbonyl (C=O) groups is 1. The van der Waals surface area contributed by atoms with E-state index in [9.17, 15) is 4.79 Å². The van der Waals surface area contributed by atoms with Crippen LogP contribution in [0.25, 0.3) is 0 Å². The van der Waals surface area contributed by atoms with Gasteiger partial charge in [-0.1, -0.05) is 17.7 Å². The van der Waals surface area contributed by atoms with Crippen molar-refractivity contribution in [1.82, 2.24) is 30.5 Å². The van der Waals surface area contributed by atoms with Crippen molar-refractivity contribution in [2.24, 2.45) is 4.99 Å². The molecule has 9 nitrogen and oxygen atoms in total. The Morgan fingerprint density at radius 3 is 2.58 bits per heavy atom. The zero-order chi connectivity index (χ0) is 21.9. The van der Waals surface area contributed by atoms with Crippen molar-refractivity contribution < 1.29 is 4.79 Å². The second-order valence-corrected chi connectivity index (χ2v) is 7.48. The van der Waals surface area contributed by atoms with Crippen LogP contribution in [0.4, 0.5) is 5.95 Å². The topological polar surface area (TPSA) is 98.6 Å². The lowest BCUT2D eigenvalue weighted by Crippen LogP contribution is -2.49. The van der Waals surface area contributed by atoms with Crippen LogP contribution in [0.1, 0.15) is 18.9 Å². The number of piperazine rings is 1. The number of rotatable bonds is 8. The molecule has 3 rings (SSSR count). The Balaban J connectivity index is 1.39. The third-order valence-electron chi connectivity index (χ3n) is 4.90. The van der Waals surface area contributed by atoms with E-state index in [2.05, 4.69) is 35.5 Å². The van der Waals surface area contributed by atoms with E-state index in [1.165, 1.54) is 0 Å². The molecular formula is C21H29ClN8O. The second kappa shape index (κ2) is 12.0. The highest BCUT2D eigenvalue weighted by Gasteiger charge is 2.22. The number of anilines is 1. The van der Waals surface area contributed by atoms with E-state index < -0.39 is 0 Å². The van der Waals surface area contributed by atoms with E-state index in [0.29, 0.717) is 43.7 Å². The highest BCUT2D eigenvalue weighted by molar-refractivity contribution is 6.29. The molecule has 1 aliphatic rings. The summed E-state index contributed by atoms with van der Waals surface area (Å²) in [5, 5.41) is 7.00. The van der Waals surface area contributed by atoms with Gasteiger partial charge in [0.05, 0.1) is 6.54 Å². The van der Waals surface area contributed by atoms with Crippen LogP contribution in [0.5, 0.6) is 0 Å². The fraction of sp³-hybridized carbons (Fsp3) is 0.476. The van der Waals surface area contributed by atoms with E-state index in [4.69, 9.17) is 11.6 Å². The zero-order valence-corrected chi connectivity index (χ0v) is 18.6. The zero-order valence-electron chi connectivity index (χ0n) is 17.8. The third-order valence-corrected chi connectivity index (χ3v) is 5.13. The maximum atomic E-state index is 12.6. The van der Waals surface area contributed by atoms with Crippen molar-refractivity contribution in [2.75, 3.05) is 50.7 Å². The molecule has 0 aliphatic carbocycles. The number of hydrogen-bond donors (Lipinski definition) is 2. The number of guanidine groups is 1. The first kappa shape index (κ1) is 22.7. The normalized spacial score (nSPS) is 14.5.